The highest BCUT2D eigenvalue weighted by Gasteiger charge is 2.71. The molecule has 10 atom stereocenters. The van der Waals surface area contributed by atoms with E-state index in [4.69, 9.17) is 4.74 Å². The fourth-order valence-electron chi connectivity index (χ4n) is 15.3. The molecular formula is C50H72F3N5O7. The van der Waals surface area contributed by atoms with Crippen molar-refractivity contribution in [1.29, 1.82) is 0 Å². The molecule has 8 rings (SSSR count). The highest BCUT2D eigenvalue weighted by atomic mass is 19.4. The molecule has 0 unspecified atom stereocenters. The van der Waals surface area contributed by atoms with Crippen LogP contribution in [0, 0.1) is 62.6 Å². The molecule has 3 N–H and O–H groups in total. The predicted octanol–water partition coefficient (Wildman–Crippen LogP) is 8.23. The van der Waals surface area contributed by atoms with Gasteiger partial charge in [-0.3, -0.25) is 28.7 Å². The zero-order valence-corrected chi connectivity index (χ0v) is 40.4. The van der Waals surface area contributed by atoms with Crippen LogP contribution in [0.4, 0.5) is 13.2 Å². The van der Waals surface area contributed by atoms with E-state index in [0.717, 1.165) is 66.8 Å². The summed E-state index contributed by atoms with van der Waals surface area (Å²) in [5, 5.41) is 19.6. The highest BCUT2D eigenvalue weighted by molar-refractivity contribution is 6.04. The van der Waals surface area contributed by atoms with Crippen LogP contribution < -0.4 is 10.6 Å². The second-order valence-corrected chi connectivity index (χ2v) is 24.0. The summed E-state index contributed by atoms with van der Waals surface area (Å²) < 4.78 is 48.9. The number of alkyl halides is 3. The number of amides is 2. The second kappa shape index (κ2) is 15.4. The summed E-state index contributed by atoms with van der Waals surface area (Å²) in [6, 6.07) is 0.743. The number of carbonyl (C=O) groups is 5. The van der Waals surface area contributed by atoms with Crippen LogP contribution in [-0.2, 0) is 36.6 Å². The molecule has 65 heavy (non-hydrogen) atoms. The Balaban J connectivity index is 1.03. The van der Waals surface area contributed by atoms with Crippen molar-refractivity contribution in [3.05, 3.63) is 28.6 Å². The van der Waals surface area contributed by atoms with Crippen LogP contribution in [0.1, 0.15) is 156 Å². The number of ketones is 1. The highest BCUT2D eigenvalue weighted by Crippen LogP contribution is 2.76. The number of esters is 1. The number of carbonyl (C=O) groups excluding carboxylic acids is 4. The molecule has 1 heterocycles. The molecule has 2 amide bonds. The fourth-order valence-corrected chi connectivity index (χ4v) is 15.3. The Morgan fingerprint density at radius 1 is 0.877 bits per heavy atom. The summed E-state index contributed by atoms with van der Waals surface area (Å²) in [6.07, 6.45) is 2.81. The number of aromatic nitrogens is 2. The molecule has 360 valence electrons. The molecule has 0 radical (unpaired) electrons. The molecule has 7 aliphatic carbocycles. The van der Waals surface area contributed by atoms with Crippen molar-refractivity contribution >= 4 is 29.5 Å². The van der Waals surface area contributed by atoms with Gasteiger partial charge in [0.15, 0.2) is 11.5 Å². The van der Waals surface area contributed by atoms with Gasteiger partial charge in [-0.1, -0.05) is 62.3 Å². The third-order valence-corrected chi connectivity index (χ3v) is 19.4. The van der Waals surface area contributed by atoms with E-state index < -0.39 is 58.0 Å². The zero-order chi connectivity index (χ0) is 47.8. The number of halogens is 3. The first kappa shape index (κ1) is 47.7. The van der Waals surface area contributed by atoms with Gasteiger partial charge < -0.3 is 25.4 Å². The van der Waals surface area contributed by atoms with Crippen LogP contribution in [-0.4, -0.2) is 87.1 Å². The van der Waals surface area contributed by atoms with Gasteiger partial charge in [0.1, 0.15) is 17.3 Å². The minimum atomic E-state index is -4.75. The number of carboxylic acid groups (broad SMARTS) is 1. The first-order chi connectivity index (χ1) is 30.0. The smallest absolute Gasteiger partial charge is 0.435 e. The van der Waals surface area contributed by atoms with Crippen LogP contribution in [0.15, 0.2) is 17.2 Å². The van der Waals surface area contributed by atoms with Crippen LogP contribution in [0.2, 0.25) is 0 Å². The number of fused-ring (bicyclic) bond motifs is 7. The SMILES string of the molecule is CC(C)C1=C2[C@H]3CC[C@@H]4[C@@]5(C)CC[C@H](OC(=O)[C@H]6C[C@@H](C(=O)O)C6(C)C)C(C)(C)[C@@H]5CC[C@@]4(C)[C@]3(C)CC[C@@]2(NC(=O)C2(NC(=O)c3cc(C(F)(F)F)nn3CCN(C)C)CC2)CC1=O. The first-order valence-corrected chi connectivity index (χ1v) is 24.1. The quantitative estimate of drug-likeness (QED) is 0.186. The van der Waals surface area contributed by atoms with E-state index >= 15 is 0 Å². The minimum Gasteiger partial charge on any atom is -0.481 e. The van der Waals surface area contributed by atoms with Gasteiger partial charge in [0, 0.05) is 24.4 Å². The zero-order valence-electron chi connectivity index (χ0n) is 40.4. The van der Waals surface area contributed by atoms with Crippen molar-refractivity contribution in [2.45, 2.75) is 169 Å². The van der Waals surface area contributed by atoms with Crippen molar-refractivity contribution in [3.8, 4) is 0 Å². The molecule has 15 heteroatoms. The van der Waals surface area contributed by atoms with Gasteiger partial charge in [-0.05, 0) is 141 Å². The van der Waals surface area contributed by atoms with Gasteiger partial charge in [-0.2, -0.15) is 18.3 Å². The van der Waals surface area contributed by atoms with Gasteiger partial charge in [0.25, 0.3) is 5.91 Å². The third-order valence-electron chi connectivity index (χ3n) is 19.4. The van der Waals surface area contributed by atoms with Crippen LogP contribution in [0.5, 0.6) is 0 Å². The molecular weight excluding hydrogens is 840 g/mol. The topological polar surface area (TPSA) is 160 Å². The maximum atomic E-state index is 14.6. The maximum Gasteiger partial charge on any atom is 0.435 e. The Bertz CT molecular complexity index is 2210. The van der Waals surface area contributed by atoms with E-state index in [1.165, 1.54) is 0 Å². The number of nitrogens with one attached hydrogen (secondary N) is 2. The van der Waals surface area contributed by atoms with E-state index in [1.807, 2.05) is 27.7 Å². The number of likely N-dealkylation sites (N-methyl/N-ethyl adjacent to an activating group) is 1. The summed E-state index contributed by atoms with van der Waals surface area (Å²) in [7, 11) is 3.55. The van der Waals surface area contributed by atoms with E-state index in [2.05, 4.69) is 50.4 Å². The Hall–Kier alpha value is -3.75. The molecule has 0 aliphatic heterocycles. The lowest BCUT2D eigenvalue weighted by Crippen LogP contribution is -2.68. The van der Waals surface area contributed by atoms with Crippen molar-refractivity contribution < 1.29 is 47.0 Å². The van der Waals surface area contributed by atoms with Gasteiger partial charge >= 0.3 is 18.1 Å². The van der Waals surface area contributed by atoms with Gasteiger partial charge in [-0.15, -0.1) is 0 Å². The number of aliphatic carboxylic acids is 1. The molecule has 0 bridgehead atoms. The number of allylic oxidation sites excluding steroid dienone is 1. The molecule has 6 saturated carbocycles. The largest absolute Gasteiger partial charge is 0.481 e. The lowest BCUT2D eigenvalue weighted by Gasteiger charge is -2.72. The number of carboxylic acids is 1. The summed E-state index contributed by atoms with van der Waals surface area (Å²) in [5.41, 5.74) is -3.14. The second-order valence-electron chi connectivity index (χ2n) is 24.0. The Morgan fingerprint density at radius 3 is 2.14 bits per heavy atom. The summed E-state index contributed by atoms with van der Waals surface area (Å²) >= 11 is 0. The first-order valence-electron chi connectivity index (χ1n) is 24.1. The summed E-state index contributed by atoms with van der Waals surface area (Å²) in [4.78, 5) is 70.0. The average molecular weight is 912 g/mol. The Labute approximate surface area is 382 Å². The lowest BCUT2D eigenvalue weighted by molar-refractivity contribution is -0.235. The molecule has 0 aromatic carbocycles. The number of nitrogens with zero attached hydrogens (tertiary/aromatic N) is 3. The normalized spacial score (nSPS) is 37.6. The van der Waals surface area contributed by atoms with Crippen molar-refractivity contribution in [2.75, 3.05) is 20.6 Å². The monoisotopic (exact) mass is 912 g/mol. The molecule has 0 saturated heterocycles. The predicted molar refractivity (Wildman–Crippen MR) is 236 cm³/mol. The number of rotatable bonds is 11. The molecule has 12 nitrogen and oxygen atoms in total. The van der Waals surface area contributed by atoms with Crippen molar-refractivity contribution in [3.63, 3.8) is 0 Å². The van der Waals surface area contributed by atoms with Crippen LogP contribution >= 0.6 is 0 Å². The van der Waals surface area contributed by atoms with E-state index in [9.17, 15) is 42.3 Å². The fraction of sp³-hybridized carbons (Fsp3) is 0.800. The summed E-state index contributed by atoms with van der Waals surface area (Å²) in [6.45, 7) is 20.1. The number of ether oxygens (including phenoxy) is 1. The van der Waals surface area contributed by atoms with Gasteiger partial charge in [0.2, 0.25) is 5.91 Å². The van der Waals surface area contributed by atoms with Gasteiger partial charge in [0.05, 0.1) is 23.9 Å². The Kier molecular flexibility index (Phi) is 11.3. The van der Waals surface area contributed by atoms with E-state index in [0.29, 0.717) is 38.1 Å². The average Bonchev–Trinajstić information content (AvgIpc) is 3.71. The van der Waals surface area contributed by atoms with Gasteiger partial charge in [-0.25, -0.2) is 0 Å². The van der Waals surface area contributed by atoms with Crippen LogP contribution in [0.3, 0.4) is 0 Å². The third kappa shape index (κ3) is 7.22. The number of hydrogen-bond donors (Lipinski definition) is 3. The maximum absolute atomic E-state index is 14.6. The summed E-state index contributed by atoms with van der Waals surface area (Å²) in [5.74, 6) is -2.70. The van der Waals surface area contributed by atoms with Crippen molar-refractivity contribution in [1.82, 2.24) is 25.3 Å². The van der Waals surface area contributed by atoms with E-state index in [1.54, 1.807) is 19.0 Å². The molecule has 7 aliphatic rings. The minimum absolute atomic E-state index is 0.0316. The lowest BCUT2D eigenvalue weighted by atomic mass is 9.33. The Morgan fingerprint density at radius 2 is 1.55 bits per heavy atom. The van der Waals surface area contributed by atoms with E-state index in [-0.39, 0.29) is 75.9 Å². The van der Waals surface area contributed by atoms with Crippen molar-refractivity contribution in [2.24, 2.45) is 62.6 Å². The number of hydrogen-bond acceptors (Lipinski definition) is 8. The molecule has 0 spiro atoms. The molecule has 1 aromatic rings. The molecule has 6 fully saturated rings. The standard InChI is InChI=1S/C50H72F3N5O7/c1-27(2)37-32(59)26-49(55-42(64)48(20-21-48)54-39(60)31-25-35(50(51,52)53)56-58(31)23-22-57(10)11)19-18-46(8)28(38(37)49)12-13-34-45(7)16-15-36(44(5,6)33(45)14-17-47(34,46)9)65-41(63)30-24-29(40(61)62)43(30,3)4/h25,27-30,33-34,36H,12-24,26H2,1-11H3,(H,54,60)(H,55,64)(H,61,62)/t28-,29+,30-,33+,34-,36+,45+,46-,47-,49-/m1/s1. The number of Topliss-reactive ketones (excluding diaryl/α,β-unsaturated/α-hetero) is 1. The molecule has 1 aromatic heterocycles. The van der Waals surface area contributed by atoms with Crippen LogP contribution in [0.25, 0.3) is 0 Å².